The average Bonchev–Trinajstić information content (AvgIpc) is 2.25. The molecule has 0 saturated heterocycles. The molecule has 0 atom stereocenters. The molecule has 0 aromatic heterocycles. The molecule has 0 saturated carbocycles. The number of aryl methyl sites for hydroxylation is 2. The van der Waals surface area contributed by atoms with Gasteiger partial charge in [0.25, 0.3) is 0 Å². The summed E-state index contributed by atoms with van der Waals surface area (Å²) in [6.45, 7) is 8.29. The third-order valence-electron chi connectivity index (χ3n) is 2.56. The highest BCUT2D eigenvalue weighted by Gasteiger charge is 2.02. The minimum Gasteiger partial charge on any atom is -0.370 e. The Bertz CT molecular complexity index is 480. The van der Waals surface area contributed by atoms with Crippen LogP contribution in [0, 0.1) is 13.8 Å². The van der Waals surface area contributed by atoms with Crippen molar-refractivity contribution in [1.29, 1.82) is 0 Å². The van der Waals surface area contributed by atoms with E-state index in [4.69, 9.17) is 5.73 Å². The highest BCUT2D eigenvalue weighted by molar-refractivity contribution is 14.0. The van der Waals surface area contributed by atoms with Crippen LogP contribution in [-0.2, 0) is 4.79 Å². The van der Waals surface area contributed by atoms with Gasteiger partial charge < -0.3 is 16.4 Å². The van der Waals surface area contributed by atoms with Crippen LogP contribution in [0.5, 0.6) is 0 Å². The molecule has 4 N–H and O–H groups in total. The zero-order chi connectivity index (χ0) is 15.1. The second kappa shape index (κ2) is 9.59. The van der Waals surface area contributed by atoms with Gasteiger partial charge in [-0.3, -0.25) is 9.79 Å². The Morgan fingerprint density at radius 3 is 2.33 bits per heavy atom. The molecule has 5 nitrogen and oxygen atoms in total. The van der Waals surface area contributed by atoms with Crippen LogP contribution in [0.25, 0.3) is 0 Å². The van der Waals surface area contributed by atoms with Crippen molar-refractivity contribution >= 4 is 41.5 Å². The van der Waals surface area contributed by atoms with Crippen molar-refractivity contribution in [3.05, 3.63) is 29.3 Å². The van der Waals surface area contributed by atoms with Gasteiger partial charge >= 0.3 is 0 Å². The van der Waals surface area contributed by atoms with Crippen LogP contribution in [0.1, 0.15) is 31.4 Å². The van der Waals surface area contributed by atoms with Crippen LogP contribution in [0.3, 0.4) is 0 Å². The summed E-state index contributed by atoms with van der Waals surface area (Å²) in [6.07, 6.45) is 0.341. The van der Waals surface area contributed by atoms with Crippen molar-refractivity contribution in [3.63, 3.8) is 0 Å². The van der Waals surface area contributed by atoms with Crippen molar-refractivity contribution in [1.82, 2.24) is 5.32 Å². The highest BCUT2D eigenvalue weighted by atomic mass is 127. The lowest BCUT2D eigenvalue weighted by atomic mass is 10.1. The van der Waals surface area contributed by atoms with Gasteiger partial charge in [0.2, 0.25) is 5.91 Å². The highest BCUT2D eigenvalue weighted by Crippen LogP contribution is 2.13. The van der Waals surface area contributed by atoms with Gasteiger partial charge in [-0.05, 0) is 51.0 Å². The number of guanidine groups is 1. The first-order chi connectivity index (χ1) is 9.36. The maximum Gasteiger partial charge on any atom is 0.222 e. The molecule has 1 aromatic carbocycles. The first-order valence-electron chi connectivity index (χ1n) is 6.81. The number of carbonyl (C=O) groups is 1. The van der Waals surface area contributed by atoms with E-state index in [0.29, 0.717) is 18.9 Å². The van der Waals surface area contributed by atoms with Crippen molar-refractivity contribution in [2.75, 3.05) is 11.9 Å². The molecule has 1 amide bonds. The fourth-order valence-corrected chi connectivity index (χ4v) is 1.91. The number of nitrogens with one attached hydrogen (secondary N) is 2. The fourth-order valence-electron chi connectivity index (χ4n) is 1.91. The molecule has 0 fully saturated rings. The predicted octanol–water partition coefficient (Wildman–Crippen LogP) is 2.56. The number of hydrogen-bond donors (Lipinski definition) is 3. The maximum absolute atomic E-state index is 11.4. The number of aliphatic imine (C=N–C) groups is 1. The third-order valence-corrected chi connectivity index (χ3v) is 2.56. The van der Waals surface area contributed by atoms with Gasteiger partial charge in [0.15, 0.2) is 5.96 Å². The van der Waals surface area contributed by atoms with Gasteiger partial charge in [0.1, 0.15) is 0 Å². The first kappa shape index (κ1) is 19.7. The van der Waals surface area contributed by atoms with Gasteiger partial charge in [0, 0.05) is 18.2 Å². The number of halogens is 1. The molecule has 0 radical (unpaired) electrons. The number of nitrogens with zero attached hydrogens (tertiary/aromatic N) is 1. The first-order valence-corrected chi connectivity index (χ1v) is 6.81. The van der Waals surface area contributed by atoms with Crippen LogP contribution in [-0.4, -0.2) is 24.5 Å². The Labute approximate surface area is 143 Å². The van der Waals surface area contributed by atoms with E-state index >= 15 is 0 Å². The third kappa shape index (κ3) is 8.54. The summed E-state index contributed by atoms with van der Waals surface area (Å²) in [5.41, 5.74) is 9.04. The van der Waals surface area contributed by atoms with Gasteiger partial charge in [-0.1, -0.05) is 6.07 Å². The largest absolute Gasteiger partial charge is 0.370 e. The van der Waals surface area contributed by atoms with Crippen molar-refractivity contribution in [2.24, 2.45) is 10.7 Å². The molecule has 0 heterocycles. The minimum absolute atomic E-state index is 0. The smallest absolute Gasteiger partial charge is 0.222 e. The van der Waals surface area contributed by atoms with Crippen molar-refractivity contribution in [3.8, 4) is 0 Å². The van der Waals surface area contributed by atoms with E-state index in [0.717, 1.165) is 16.8 Å². The SMILES string of the molecule is Cc1cc(C)cc(NC(N)=NCCC(=O)NC(C)C)c1.I. The van der Waals surface area contributed by atoms with Crippen molar-refractivity contribution < 1.29 is 4.79 Å². The van der Waals surface area contributed by atoms with E-state index in [-0.39, 0.29) is 35.9 Å². The molecule has 0 unspecified atom stereocenters. The van der Waals surface area contributed by atoms with E-state index in [1.807, 2.05) is 39.8 Å². The number of hydrogen-bond acceptors (Lipinski definition) is 2. The van der Waals surface area contributed by atoms with Crippen LogP contribution >= 0.6 is 24.0 Å². The quantitative estimate of drug-likeness (QED) is 0.401. The predicted molar refractivity (Wildman–Crippen MR) is 99.3 cm³/mol. The Kier molecular flexibility index (Phi) is 9.00. The van der Waals surface area contributed by atoms with Gasteiger partial charge in [-0.25, -0.2) is 0 Å². The van der Waals surface area contributed by atoms with Gasteiger partial charge in [-0.15, -0.1) is 24.0 Å². The number of nitrogens with two attached hydrogens (primary N) is 1. The number of carbonyl (C=O) groups excluding carboxylic acids is 1. The Morgan fingerprint density at radius 2 is 1.81 bits per heavy atom. The number of rotatable bonds is 5. The molecule has 1 rings (SSSR count). The zero-order valence-electron chi connectivity index (χ0n) is 13.1. The molecule has 0 spiro atoms. The summed E-state index contributed by atoms with van der Waals surface area (Å²) in [5, 5.41) is 5.85. The summed E-state index contributed by atoms with van der Waals surface area (Å²) in [6, 6.07) is 6.24. The Balaban J connectivity index is 0.00000400. The van der Waals surface area contributed by atoms with Crippen LogP contribution in [0.15, 0.2) is 23.2 Å². The molecule has 0 aliphatic rings. The van der Waals surface area contributed by atoms with Crippen LogP contribution in [0.2, 0.25) is 0 Å². The molecule has 0 aliphatic carbocycles. The molecule has 118 valence electrons. The fraction of sp³-hybridized carbons (Fsp3) is 0.467. The molecule has 0 aliphatic heterocycles. The van der Waals surface area contributed by atoms with Crippen LogP contribution < -0.4 is 16.4 Å². The maximum atomic E-state index is 11.4. The zero-order valence-corrected chi connectivity index (χ0v) is 15.4. The summed E-state index contributed by atoms with van der Waals surface area (Å²) in [4.78, 5) is 15.6. The van der Waals surface area contributed by atoms with E-state index in [1.54, 1.807) is 0 Å². The number of benzene rings is 1. The molecule has 6 heteroatoms. The summed E-state index contributed by atoms with van der Waals surface area (Å²) < 4.78 is 0. The molecule has 1 aromatic rings. The van der Waals surface area contributed by atoms with E-state index in [9.17, 15) is 4.79 Å². The Hall–Kier alpha value is -1.31. The lowest BCUT2D eigenvalue weighted by Crippen LogP contribution is -2.30. The van der Waals surface area contributed by atoms with Gasteiger partial charge in [0.05, 0.1) is 6.54 Å². The standard InChI is InChI=1S/C15H24N4O.HI/c1-10(2)18-14(20)5-6-17-15(16)19-13-8-11(3)7-12(4)9-13;/h7-10H,5-6H2,1-4H3,(H,18,20)(H3,16,17,19);1H. The lowest BCUT2D eigenvalue weighted by Gasteiger charge is -2.09. The molecule has 21 heavy (non-hydrogen) atoms. The van der Waals surface area contributed by atoms with E-state index in [2.05, 4.69) is 21.7 Å². The summed E-state index contributed by atoms with van der Waals surface area (Å²) in [7, 11) is 0. The lowest BCUT2D eigenvalue weighted by molar-refractivity contribution is -0.121. The molecule has 0 bridgehead atoms. The summed E-state index contributed by atoms with van der Waals surface area (Å²) in [5.74, 6) is 0.315. The van der Waals surface area contributed by atoms with Gasteiger partial charge in [-0.2, -0.15) is 0 Å². The minimum atomic E-state index is -0.0112. The average molecular weight is 404 g/mol. The number of amides is 1. The number of anilines is 1. The van der Waals surface area contributed by atoms with Crippen LogP contribution in [0.4, 0.5) is 5.69 Å². The molecular formula is C15H25IN4O. The molecular weight excluding hydrogens is 379 g/mol. The Morgan fingerprint density at radius 1 is 1.24 bits per heavy atom. The van der Waals surface area contributed by atoms with E-state index in [1.165, 1.54) is 0 Å². The topological polar surface area (TPSA) is 79.5 Å². The monoisotopic (exact) mass is 404 g/mol. The summed E-state index contributed by atoms with van der Waals surface area (Å²) >= 11 is 0. The van der Waals surface area contributed by atoms with Crippen molar-refractivity contribution in [2.45, 2.75) is 40.2 Å². The second-order valence-electron chi connectivity index (χ2n) is 5.24. The second-order valence-corrected chi connectivity index (χ2v) is 5.24. The van der Waals surface area contributed by atoms with E-state index < -0.39 is 0 Å². The normalized spacial score (nSPS) is 11.0.